The van der Waals surface area contributed by atoms with Crippen molar-refractivity contribution in [3.8, 4) is 0 Å². The van der Waals surface area contributed by atoms with Gasteiger partial charge in [0.15, 0.2) is 6.10 Å². The largest absolute Gasteiger partial charge is 0.449 e. The number of sulfonamides is 1. The van der Waals surface area contributed by atoms with E-state index in [4.69, 9.17) is 10.5 Å². The molecule has 1 atom stereocenters. The first kappa shape index (κ1) is 20.9. The summed E-state index contributed by atoms with van der Waals surface area (Å²) in [6.45, 7) is 2.49. The van der Waals surface area contributed by atoms with Crippen LogP contribution in [0.1, 0.15) is 24.2 Å². The number of carbonyl (C=O) groups is 3. The molecule has 148 valence electrons. The molecule has 0 aromatic heterocycles. The smallest absolute Gasteiger partial charge is 0.338 e. The molecule has 9 nitrogen and oxygen atoms in total. The minimum absolute atomic E-state index is 0.136. The number of rotatable bonds is 6. The van der Waals surface area contributed by atoms with Crippen LogP contribution in [-0.4, -0.2) is 32.3 Å². The Morgan fingerprint density at radius 2 is 1.57 bits per heavy atom. The molecule has 0 heterocycles. The van der Waals surface area contributed by atoms with E-state index >= 15 is 0 Å². The van der Waals surface area contributed by atoms with Crippen molar-refractivity contribution in [1.29, 1.82) is 0 Å². The van der Waals surface area contributed by atoms with Gasteiger partial charge in [-0.05, 0) is 55.5 Å². The van der Waals surface area contributed by atoms with Gasteiger partial charge < -0.3 is 15.8 Å². The van der Waals surface area contributed by atoms with Crippen molar-refractivity contribution in [3.63, 3.8) is 0 Å². The molecule has 2 rings (SSSR count). The highest BCUT2D eigenvalue weighted by Crippen LogP contribution is 2.15. The molecular weight excluding hydrogens is 386 g/mol. The summed E-state index contributed by atoms with van der Waals surface area (Å²) in [4.78, 5) is 35.0. The SMILES string of the molecule is CC(=O)NS(=O)(=O)c1ccc(NC(=O)C(C)OC(=O)c2ccc(N)cc2)cc1. The number of nitrogen functional groups attached to an aromatic ring is 1. The van der Waals surface area contributed by atoms with E-state index < -0.39 is 33.9 Å². The summed E-state index contributed by atoms with van der Waals surface area (Å²) in [7, 11) is -3.96. The number of esters is 1. The van der Waals surface area contributed by atoms with Crippen molar-refractivity contribution in [1.82, 2.24) is 4.72 Å². The molecule has 28 heavy (non-hydrogen) atoms. The van der Waals surface area contributed by atoms with Crippen molar-refractivity contribution in [3.05, 3.63) is 54.1 Å². The van der Waals surface area contributed by atoms with E-state index in [-0.39, 0.29) is 10.5 Å². The van der Waals surface area contributed by atoms with Crippen molar-refractivity contribution in [2.24, 2.45) is 0 Å². The van der Waals surface area contributed by atoms with Gasteiger partial charge >= 0.3 is 5.97 Å². The fourth-order valence-corrected chi connectivity index (χ4v) is 3.10. The second-order valence-electron chi connectivity index (χ2n) is 5.84. The predicted molar refractivity (Wildman–Crippen MR) is 102 cm³/mol. The Labute approximate surface area is 161 Å². The van der Waals surface area contributed by atoms with Crippen LogP contribution in [0.3, 0.4) is 0 Å². The monoisotopic (exact) mass is 405 g/mol. The van der Waals surface area contributed by atoms with Crippen LogP contribution in [0, 0.1) is 0 Å². The van der Waals surface area contributed by atoms with Gasteiger partial charge in [0.05, 0.1) is 10.5 Å². The van der Waals surface area contributed by atoms with E-state index in [0.29, 0.717) is 11.4 Å². The molecule has 0 fully saturated rings. The molecule has 0 spiro atoms. The Bertz CT molecular complexity index is 985. The lowest BCUT2D eigenvalue weighted by atomic mass is 10.2. The van der Waals surface area contributed by atoms with Crippen LogP contribution in [0.25, 0.3) is 0 Å². The highest BCUT2D eigenvalue weighted by Gasteiger charge is 2.20. The first-order chi connectivity index (χ1) is 13.1. The summed E-state index contributed by atoms with van der Waals surface area (Å²) in [6.07, 6.45) is -1.09. The number of nitrogens with one attached hydrogen (secondary N) is 2. The summed E-state index contributed by atoms with van der Waals surface area (Å²) in [5, 5.41) is 2.51. The average Bonchev–Trinajstić information content (AvgIpc) is 2.61. The summed E-state index contributed by atoms with van der Waals surface area (Å²) in [6, 6.07) is 11.2. The van der Waals surface area contributed by atoms with E-state index in [0.717, 1.165) is 6.92 Å². The first-order valence-corrected chi connectivity index (χ1v) is 9.57. The summed E-state index contributed by atoms with van der Waals surface area (Å²) in [5.74, 6) is -1.99. The zero-order valence-electron chi connectivity index (χ0n) is 15.1. The molecule has 4 N–H and O–H groups in total. The van der Waals surface area contributed by atoms with Gasteiger partial charge in [0.1, 0.15) is 0 Å². The number of anilines is 2. The Morgan fingerprint density at radius 3 is 2.11 bits per heavy atom. The third-order valence-electron chi connectivity index (χ3n) is 3.51. The van der Waals surface area contributed by atoms with Crippen LogP contribution in [-0.2, 0) is 24.3 Å². The van der Waals surface area contributed by atoms with Crippen LogP contribution >= 0.6 is 0 Å². The van der Waals surface area contributed by atoms with E-state index in [1.54, 1.807) is 0 Å². The standard InChI is InChI=1S/C18H19N3O6S/c1-11(27-18(24)13-3-5-14(19)6-4-13)17(23)20-15-7-9-16(10-8-15)28(25,26)21-12(2)22/h3-11H,19H2,1-2H3,(H,20,23)(H,21,22). The number of nitrogens with two attached hydrogens (primary N) is 1. The van der Waals surface area contributed by atoms with E-state index in [1.165, 1.54) is 55.5 Å². The van der Waals surface area contributed by atoms with Crippen LogP contribution in [0.15, 0.2) is 53.4 Å². The number of hydrogen-bond acceptors (Lipinski definition) is 7. The highest BCUT2D eigenvalue weighted by molar-refractivity contribution is 7.90. The minimum atomic E-state index is -3.96. The van der Waals surface area contributed by atoms with Crippen LogP contribution in [0.2, 0.25) is 0 Å². The van der Waals surface area contributed by atoms with Gasteiger partial charge in [0.25, 0.3) is 15.9 Å². The maximum atomic E-state index is 12.2. The van der Waals surface area contributed by atoms with Crippen molar-refractivity contribution in [2.45, 2.75) is 24.8 Å². The van der Waals surface area contributed by atoms with E-state index in [9.17, 15) is 22.8 Å². The van der Waals surface area contributed by atoms with Crippen LogP contribution < -0.4 is 15.8 Å². The fraction of sp³-hybridized carbons (Fsp3) is 0.167. The van der Waals surface area contributed by atoms with Crippen LogP contribution in [0.5, 0.6) is 0 Å². The zero-order valence-corrected chi connectivity index (χ0v) is 15.9. The number of benzene rings is 2. The Kier molecular flexibility index (Phi) is 6.37. The van der Waals surface area contributed by atoms with Crippen molar-refractivity contribution in [2.75, 3.05) is 11.1 Å². The van der Waals surface area contributed by atoms with Gasteiger partial charge in [-0.3, -0.25) is 9.59 Å². The Hall–Kier alpha value is -3.40. The Balaban J connectivity index is 1.99. The summed E-state index contributed by atoms with van der Waals surface area (Å²) >= 11 is 0. The van der Waals surface area contributed by atoms with Gasteiger partial charge in [-0.2, -0.15) is 0 Å². The first-order valence-electron chi connectivity index (χ1n) is 8.09. The molecule has 0 bridgehead atoms. The third kappa shape index (κ3) is 5.55. The second-order valence-corrected chi connectivity index (χ2v) is 7.53. The molecule has 10 heteroatoms. The maximum absolute atomic E-state index is 12.2. The summed E-state index contributed by atoms with van der Waals surface area (Å²) < 4.78 is 30.7. The lowest BCUT2D eigenvalue weighted by Crippen LogP contribution is -2.30. The van der Waals surface area contributed by atoms with Gasteiger partial charge in [-0.25, -0.2) is 17.9 Å². The summed E-state index contributed by atoms with van der Waals surface area (Å²) in [5.41, 5.74) is 6.59. The fourth-order valence-electron chi connectivity index (χ4n) is 2.11. The number of ether oxygens (including phenoxy) is 1. The normalized spacial score (nSPS) is 11.9. The van der Waals surface area contributed by atoms with Crippen LogP contribution in [0.4, 0.5) is 11.4 Å². The molecule has 2 aromatic carbocycles. The van der Waals surface area contributed by atoms with Gasteiger partial charge in [-0.15, -0.1) is 0 Å². The lowest BCUT2D eigenvalue weighted by Gasteiger charge is -2.14. The molecule has 2 amide bonds. The lowest BCUT2D eigenvalue weighted by molar-refractivity contribution is -0.123. The number of hydrogen-bond donors (Lipinski definition) is 3. The van der Waals surface area contributed by atoms with E-state index in [2.05, 4.69) is 5.32 Å². The second kappa shape index (κ2) is 8.53. The molecule has 0 radical (unpaired) electrons. The van der Waals surface area contributed by atoms with Crippen molar-refractivity contribution >= 4 is 39.2 Å². The molecule has 0 saturated carbocycles. The average molecular weight is 405 g/mol. The van der Waals surface area contributed by atoms with Gasteiger partial charge in [-0.1, -0.05) is 0 Å². The molecule has 0 aliphatic carbocycles. The highest BCUT2D eigenvalue weighted by atomic mass is 32.2. The van der Waals surface area contributed by atoms with Gasteiger partial charge in [0.2, 0.25) is 5.91 Å². The Morgan fingerprint density at radius 1 is 1.00 bits per heavy atom. The van der Waals surface area contributed by atoms with Gasteiger partial charge in [0, 0.05) is 18.3 Å². The number of carbonyl (C=O) groups excluding carboxylic acids is 3. The molecule has 1 unspecified atom stereocenters. The molecule has 0 aliphatic rings. The molecule has 0 aliphatic heterocycles. The molecule has 0 saturated heterocycles. The third-order valence-corrected chi connectivity index (χ3v) is 4.96. The topological polar surface area (TPSA) is 145 Å². The number of amides is 2. The molecular formula is C18H19N3O6S. The maximum Gasteiger partial charge on any atom is 0.338 e. The van der Waals surface area contributed by atoms with Crippen molar-refractivity contribution < 1.29 is 27.5 Å². The minimum Gasteiger partial charge on any atom is -0.449 e. The molecule has 2 aromatic rings. The predicted octanol–water partition coefficient (Wildman–Crippen LogP) is 1.28. The zero-order chi connectivity index (χ0) is 20.9. The quantitative estimate of drug-likeness (QED) is 0.485. The van der Waals surface area contributed by atoms with E-state index in [1.807, 2.05) is 4.72 Å².